The van der Waals surface area contributed by atoms with Gasteiger partial charge in [0.25, 0.3) is 0 Å². The van der Waals surface area contributed by atoms with Gasteiger partial charge in [-0.25, -0.2) is 0 Å². The lowest BCUT2D eigenvalue weighted by Crippen LogP contribution is -2.60. The smallest absolute Gasteiger partial charge is 0.223 e. The lowest BCUT2D eigenvalue weighted by atomic mass is 9.84. The fraction of sp³-hybridized carbons (Fsp3) is 0.533. The Morgan fingerprint density at radius 2 is 1.81 bits per heavy atom. The summed E-state index contributed by atoms with van der Waals surface area (Å²) in [5.41, 5.74) is 0.916. The number of ether oxygens (including phenoxy) is 1. The Morgan fingerprint density at radius 1 is 1.14 bits per heavy atom. The molecule has 2 fully saturated rings. The summed E-state index contributed by atoms with van der Waals surface area (Å²) in [5.74, 6) is 0.422. The maximum atomic E-state index is 12.1. The molecule has 21 heavy (non-hydrogen) atoms. The number of hydrogen-bond donors (Lipinski definition) is 3. The van der Waals surface area contributed by atoms with E-state index in [9.17, 15) is 20.1 Å². The number of benzene rings is 1. The Hall–Kier alpha value is -1.63. The minimum Gasteiger partial charge on any atom is -0.497 e. The summed E-state index contributed by atoms with van der Waals surface area (Å²) in [5, 5.41) is 29.8. The Morgan fingerprint density at radius 3 is 2.43 bits per heavy atom. The molecular formula is C15H19NO5. The molecule has 3 rings (SSSR count). The fourth-order valence-electron chi connectivity index (χ4n) is 3.36. The van der Waals surface area contributed by atoms with E-state index in [2.05, 4.69) is 0 Å². The van der Waals surface area contributed by atoms with Gasteiger partial charge < -0.3 is 25.0 Å². The highest BCUT2D eigenvalue weighted by atomic mass is 16.5. The quantitative estimate of drug-likeness (QED) is 0.682. The SMILES string of the molecule is COc1ccc([C@@H]2CC(=O)N3C[C@@H](O)[C@@H](O)[C@H](O)[C@@H]23)cc1. The largest absolute Gasteiger partial charge is 0.497 e. The molecule has 1 aromatic carbocycles. The van der Waals surface area contributed by atoms with E-state index in [1.54, 1.807) is 7.11 Å². The van der Waals surface area contributed by atoms with E-state index < -0.39 is 24.4 Å². The molecule has 2 aliphatic heterocycles. The minimum atomic E-state index is -1.22. The maximum Gasteiger partial charge on any atom is 0.223 e. The van der Waals surface area contributed by atoms with E-state index in [1.165, 1.54) is 4.90 Å². The normalized spacial score (nSPS) is 35.7. The van der Waals surface area contributed by atoms with Crippen molar-refractivity contribution in [2.45, 2.75) is 36.7 Å². The minimum absolute atomic E-state index is 0.0639. The summed E-state index contributed by atoms with van der Waals surface area (Å²) in [6.45, 7) is 0.0639. The summed E-state index contributed by atoms with van der Waals surface area (Å²) < 4.78 is 5.11. The number of aliphatic hydroxyl groups is 3. The highest BCUT2D eigenvalue weighted by Gasteiger charge is 2.51. The van der Waals surface area contributed by atoms with Gasteiger partial charge in [0.05, 0.1) is 13.2 Å². The van der Waals surface area contributed by atoms with Gasteiger partial charge in [-0.05, 0) is 17.7 Å². The molecule has 0 spiro atoms. The van der Waals surface area contributed by atoms with E-state index in [0.29, 0.717) is 0 Å². The summed E-state index contributed by atoms with van der Waals surface area (Å²) in [6.07, 6.45) is -3.20. The molecule has 1 aromatic rings. The van der Waals surface area contributed by atoms with Gasteiger partial charge in [-0.1, -0.05) is 12.1 Å². The number of rotatable bonds is 2. The van der Waals surface area contributed by atoms with Crippen molar-refractivity contribution in [3.05, 3.63) is 29.8 Å². The Labute approximate surface area is 122 Å². The van der Waals surface area contributed by atoms with Crippen molar-refractivity contribution in [2.24, 2.45) is 0 Å². The van der Waals surface area contributed by atoms with E-state index in [0.717, 1.165) is 11.3 Å². The third-order valence-corrected chi connectivity index (χ3v) is 4.51. The van der Waals surface area contributed by atoms with Crippen molar-refractivity contribution in [1.29, 1.82) is 0 Å². The van der Waals surface area contributed by atoms with Crippen LogP contribution in [0.3, 0.4) is 0 Å². The topological polar surface area (TPSA) is 90.2 Å². The van der Waals surface area contributed by atoms with Crippen molar-refractivity contribution >= 4 is 5.91 Å². The van der Waals surface area contributed by atoms with Gasteiger partial charge in [-0.15, -0.1) is 0 Å². The van der Waals surface area contributed by atoms with Crippen LogP contribution in [0.1, 0.15) is 17.9 Å². The van der Waals surface area contributed by atoms with Crippen molar-refractivity contribution in [2.75, 3.05) is 13.7 Å². The Balaban J connectivity index is 1.90. The predicted molar refractivity (Wildman–Crippen MR) is 73.9 cm³/mol. The van der Waals surface area contributed by atoms with Crippen LogP contribution in [0.2, 0.25) is 0 Å². The van der Waals surface area contributed by atoms with Gasteiger partial charge in [-0.3, -0.25) is 4.79 Å². The van der Waals surface area contributed by atoms with Crippen LogP contribution >= 0.6 is 0 Å². The molecule has 1 amide bonds. The molecule has 2 aliphatic rings. The molecule has 0 radical (unpaired) electrons. The van der Waals surface area contributed by atoms with Crippen molar-refractivity contribution in [3.8, 4) is 5.75 Å². The second-order valence-corrected chi connectivity index (χ2v) is 5.67. The first-order valence-electron chi connectivity index (χ1n) is 7.00. The third kappa shape index (κ3) is 2.29. The van der Waals surface area contributed by atoms with Gasteiger partial charge in [0.2, 0.25) is 5.91 Å². The molecule has 3 N–H and O–H groups in total. The molecule has 5 atom stereocenters. The molecule has 0 unspecified atom stereocenters. The number of methoxy groups -OCH3 is 1. The van der Waals surface area contributed by atoms with Gasteiger partial charge in [0.1, 0.15) is 24.1 Å². The second kappa shape index (κ2) is 5.29. The summed E-state index contributed by atoms with van der Waals surface area (Å²) in [4.78, 5) is 13.6. The number of fused-ring (bicyclic) bond motifs is 1. The zero-order valence-corrected chi connectivity index (χ0v) is 11.7. The lowest BCUT2D eigenvalue weighted by Gasteiger charge is -2.42. The van der Waals surface area contributed by atoms with Crippen molar-refractivity contribution in [1.82, 2.24) is 4.90 Å². The van der Waals surface area contributed by atoms with Gasteiger partial charge in [0.15, 0.2) is 0 Å². The number of carbonyl (C=O) groups excluding carboxylic acids is 1. The van der Waals surface area contributed by atoms with Crippen LogP contribution in [-0.4, -0.2) is 64.1 Å². The number of amides is 1. The lowest BCUT2D eigenvalue weighted by molar-refractivity contribution is -0.152. The Bertz CT molecular complexity index is 531. The second-order valence-electron chi connectivity index (χ2n) is 5.67. The molecule has 6 nitrogen and oxygen atoms in total. The molecule has 0 aromatic heterocycles. The van der Waals surface area contributed by atoms with Crippen LogP contribution in [0, 0.1) is 0 Å². The third-order valence-electron chi connectivity index (χ3n) is 4.51. The number of hydrogen-bond acceptors (Lipinski definition) is 5. The van der Waals surface area contributed by atoms with Crippen LogP contribution in [0.25, 0.3) is 0 Å². The van der Waals surface area contributed by atoms with Crippen molar-refractivity contribution in [3.63, 3.8) is 0 Å². The zero-order valence-electron chi connectivity index (χ0n) is 11.7. The van der Waals surface area contributed by atoms with Gasteiger partial charge in [-0.2, -0.15) is 0 Å². The van der Waals surface area contributed by atoms with Crippen LogP contribution in [0.5, 0.6) is 5.75 Å². The van der Waals surface area contributed by atoms with Gasteiger partial charge >= 0.3 is 0 Å². The summed E-state index contributed by atoms with van der Waals surface area (Å²) >= 11 is 0. The average molecular weight is 293 g/mol. The fourth-order valence-corrected chi connectivity index (χ4v) is 3.36. The van der Waals surface area contributed by atoms with E-state index >= 15 is 0 Å². The molecule has 0 bridgehead atoms. The van der Waals surface area contributed by atoms with E-state index in [1.807, 2.05) is 24.3 Å². The molecule has 0 aliphatic carbocycles. The molecule has 6 heteroatoms. The van der Waals surface area contributed by atoms with Crippen LogP contribution < -0.4 is 4.74 Å². The first kappa shape index (κ1) is 14.3. The monoisotopic (exact) mass is 293 g/mol. The van der Waals surface area contributed by atoms with Crippen LogP contribution in [0.4, 0.5) is 0 Å². The van der Waals surface area contributed by atoms with E-state index in [4.69, 9.17) is 4.74 Å². The molecule has 114 valence electrons. The zero-order chi connectivity index (χ0) is 15.1. The first-order chi connectivity index (χ1) is 10.0. The highest BCUT2D eigenvalue weighted by Crippen LogP contribution is 2.40. The summed E-state index contributed by atoms with van der Waals surface area (Å²) in [6, 6.07) is 6.85. The highest BCUT2D eigenvalue weighted by molar-refractivity contribution is 5.81. The van der Waals surface area contributed by atoms with Crippen LogP contribution in [-0.2, 0) is 4.79 Å². The van der Waals surface area contributed by atoms with Crippen molar-refractivity contribution < 1.29 is 24.9 Å². The Kier molecular flexibility index (Phi) is 3.61. The number of piperidine rings is 1. The number of aliphatic hydroxyl groups excluding tert-OH is 3. The predicted octanol–water partition coefficient (Wildman–Crippen LogP) is -0.524. The molecule has 2 heterocycles. The average Bonchev–Trinajstić information content (AvgIpc) is 2.82. The number of carbonyl (C=O) groups is 1. The standard InChI is InChI=1S/C15H19NO5/c1-21-9-4-2-8(3-5-9)10-6-12(18)16-7-11(17)14(19)15(20)13(10)16/h2-5,10-11,13-15,17,19-20H,6-7H2,1H3/t10-,11+,13+,14+,15+/m0/s1. The summed E-state index contributed by atoms with van der Waals surface area (Å²) in [7, 11) is 1.58. The van der Waals surface area contributed by atoms with Crippen LogP contribution in [0.15, 0.2) is 24.3 Å². The first-order valence-corrected chi connectivity index (χ1v) is 7.00. The molecule has 2 saturated heterocycles. The maximum absolute atomic E-state index is 12.1. The number of nitrogens with zero attached hydrogens (tertiary/aromatic N) is 1. The molecule has 0 saturated carbocycles. The van der Waals surface area contributed by atoms with Gasteiger partial charge in [0, 0.05) is 18.9 Å². The molecular weight excluding hydrogens is 274 g/mol. The van der Waals surface area contributed by atoms with E-state index in [-0.39, 0.29) is 24.8 Å².